The van der Waals surface area contributed by atoms with Crippen molar-refractivity contribution < 1.29 is 12.6 Å². The van der Waals surface area contributed by atoms with E-state index in [0.29, 0.717) is 0 Å². The first-order chi connectivity index (χ1) is 9.89. The van der Waals surface area contributed by atoms with Crippen LogP contribution < -0.4 is 4.90 Å². The highest BCUT2D eigenvalue weighted by atomic mass is 127. The van der Waals surface area contributed by atoms with Crippen LogP contribution in [0.1, 0.15) is 25.3 Å². The van der Waals surface area contributed by atoms with Gasteiger partial charge in [-0.05, 0) is 30.7 Å². The topological polar surface area (TPSA) is 72.4 Å². The number of hydrogen-bond donors (Lipinski definition) is 0. The molecule has 0 spiro atoms. The molecule has 21 heavy (non-hydrogen) atoms. The number of aryl methyl sites for hydroxylation is 1. The Balaban J connectivity index is 1.94. The molecule has 0 radical (unpaired) electrons. The molecule has 0 amide bonds. The van der Waals surface area contributed by atoms with Gasteiger partial charge >= 0.3 is 0 Å². The van der Waals surface area contributed by atoms with Gasteiger partial charge in [-0.2, -0.15) is 8.42 Å². The van der Waals surface area contributed by atoms with Crippen LogP contribution in [-0.2, 0) is 20.7 Å². The molecular weight excluding hydrogens is 405 g/mol. The van der Waals surface area contributed by atoms with Crippen molar-refractivity contribution in [2.75, 3.05) is 24.3 Å². The summed E-state index contributed by atoms with van der Waals surface area (Å²) in [6.45, 7) is 3.16. The summed E-state index contributed by atoms with van der Waals surface area (Å²) >= 11 is 2.36. The Morgan fingerprint density at radius 2 is 2.10 bits per heavy atom. The van der Waals surface area contributed by atoms with Crippen molar-refractivity contribution in [3.05, 3.63) is 18.0 Å². The third kappa shape index (κ3) is 5.03. The molecule has 2 unspecified atom stereocenters. The Bertz CT molecular complexity index is 565. The van der Waals surface area contributed by atoms with E-state index in [1.165, 1.54) is 0 Å². The fourth-order valence-electron chi connectivity index (χ4n) is 2.26. The molecule has 1 aromatic heterocycles. The average Bonchev–Trinajstić information content (AvgIpc) is 2.45. The number of nitrogens with zero attached hydrogens (tertiary/aromatic N) is 3. The summed E-state index contributed by atoms with van der Waals surface area (Å²) in [7, 11) is -3.36. The molecule has 2 heterocycles. The van der Waals surface area contributed by atoms with Crippen molar-refractivity contribution in [1.82, 2.24) is 9.97 Å². The number of halogens is 1. The summed E-state index contributed by atoms with van der Waals surface area (Å²) in [5, 5.41) is 0. The lowest BCUT2D eigenvalue weighted by atomic mass is 9.98. The van der Waals surface area contributed by atoms with Gasteiger partial charge in [0.05, 0.1) is 16.9 Å². The van der Waals surface area contributed by atoms with Gasteiger partial charge in [0.2, 0.25) is 5.95 Å². The Morgan fingerprint density at radius 1 is 1.43 bits per heavy atom. The van der Waals surface area contributed by atoms with Gasteiger partial charge in [-0.1, -0.05) is 29.5 Å². The van der Waals surface area contributed by atoms with E-state index in [9.17, 15) is 8.42 Å². The van der Waals surface area contributed by atoms with Crippen molar-refractivity contribution in [2.45, 2.75) is 30.2 Å². The molecule has 1 aliphatic heterocycles. The summed E-state index contributed by atoms with van der Waals surface area (Å²) in [6.07, 6.45) is 7.50. The lowest BCUT2D eigenvalue weighted by Crippen LogP contribution is -2.41. The van der Waals surface area contributed by atoms with Crippen molar-refractivity contribution in [3.8, 4) is 0 Å². The molecule has 1 aliphatic rings. The second-order valence-corrected chi connectivity index (χ2v) is 8.33. The van der Waals surface area contributed by atoms with Crippen LogP contribution >= 0.6 is 22.6 Å². The van der Waals surface area contributed by atoms with Crippen LogP contribution in [-0.4, -0.2) is 41.8 Å². The number of hydrogen-bond acceptors (Lipinski definition) is 6. The van der Waals surface area contributed by atoms with Crippen molar-refractivity contribution >= 4 is 38.7 Å². The molecule has 0 bridgehead atoms. The molecule has 1 aromatic rings. The van der Waals surface area contributed by atoms with Crippen LogP contribution in [0, 0.1) is 5.92 Å². The average molecular weight is 425 g/mol. The lowest BCUT2D eigenvalue weighted by molar-refractivity contribution is 0.227. The molecular formula is C13H20IN3O3S. The smallest absolute Gasteiger partial charge is 0.264 e. The zero-order valence-electron chi connectivity index (χ0n) is 12.2. The highest BCUT2D eigenvalue weighted by Gasteiger charge is 2.29. The molecule has 6 nitrogen and oxygen atoms in total. The predicted octanol–water partition coefficient (Wildman–Crippen LogP) is 1.99. The minimum Gasteiger partial charge on any atom is -0.329 e. The van der Waals surface area contributed by atoms with E-state index in [1.54, 1.807) is 0 Å². The van der Waals surface area contributed by atoms with Crippen molar-refractivity contribution in [3.63, 3.8) is 0 Å². The quantitative estimate of drug-likeness (QED) is 0.311. The van der Waals surface area contributed by atoms with Crippen LogP contribution in [0.2, 0.25) is 0 Å². The largest absolute Gasteiger partial charge is 0.329 e. The molecule has 1 saturated heterocycles. The van der Waals surface area contributed by atoms with Gasteiger partial charge in [-0.15, -0.1) is 0 Å². The van der Waals surface area contributed by atoms with Crippen LogP contribution in [0.5, 0.6) is 0 Å². The Kier molecular flexibility index (Phi) is 5.78. The molecule has 0 N–H and O–H groups in total. The van der Waals surface area contributed by atoms with E-state index in [0.717, 1.165) is 43.6 Å². The first-order valence-corrected chi connectivity index (χ1v) is 10.0. The standard InChI is InChI=1S/C13H20IN3O3S/c1-3-10-7-15-13(16-8-10)17-5-4-11(6-12(17)14)9-20-21(2,18)19/h7-8,11-12H,3-6,9H2,1-2H3. The molecule has 0 aromatic carbocycles. The van der Waals surface area contributed by atoms with E-state index < -0.39 is 10.1 Å². The molecule has 8 heteroatoms. The van der Waals surface area contributed by atoms with E-state index >= 15 is 0 Å². The Hall–Kier alpha value is -0.480. The molecule has 0 saturated carbocycles. The van der Waals surface area contributed by atoms with Gasteiger partial charge < -0.3 is 4.90 Å². The summed E-state index contributed by atoms with van der Waals surface area (Å²) in [5.41, 5.74) is 1.13. The van der Waals surface area contributed by atoms with Gasteiger partial charge in [0.15, 0.2) is 0 Å². The van der Waals surface area contributed by atoms with E-state index in [-0.39, 0.29) is 16.6 Å². The third-order valence-corrected chi connectivity index (χ3v) is 5.26. The van der Waals surface area contributed by atoms with Gasteiger partial charge in [0.1, 0.15) is 0 Å². The first-order valence-electron chi connectivity index (χ1n) is 6.95. The maximum atomic E-state index is 11.0. The summed E-state index contributed by atoms with van der Waals surface area (Å²) in [5.74, 6) is 1.00. The maximum Gasteiger partial charge on any atom is 0.264 e. The molecule has 2 rings (SSSR count). The van der Waals surface area contributed by atoms with Crippen LogP contribution in [0.15, 0.2) is 12.4 Å². The fraction of sp³-hybridized carbons (Fsp3) is 0.692. The predicted molar refractivity (Wildman–Crippen MR) is 90.1 cm³/mol. The highest BCUT2D eigenvalue weighted by Crippen LogP contribution is 2.30. The maximum absolute atomic E-state index is 11.0. The summed E-state index contributed by atoms with van der Waals surface area (Å²) in [4.78, 5) is 11.0. The SMILES string of the molecule is CCc1cnc(N2CCC(COS(C)(=O)=O)CC2I)nc1. The Labute approximate surface area is 139 Å². The minimum atomic E-state index is -3.36. The zero-order valence-corrected chi connectivity index (χ0v) is 15.2. The second kappa shape index (κ2) is 7.19. The van der Waals surface area contributed by atoms with Gasteiger partial charge in [-0.25, -0.2) is 9.97 Å². The van der Waals surface area contributed by atoms with Gasteiger partial charge in [-0.3, -0.25) is 4.18 Å². The van der Waals surface area contributed by atoms with Crippen LogP contribution in [0.25, 0.3) is 0 Å². The second-order valence-electron chi connectivity index (χ2n) is 5.25. The van der Waals surface area contributed by atoms with Gasteiger partial charge in [0.25, 0.3) is 10.1 Å². The number of anilines is 1. The molecule has 1 fully saturated rings. The first kappa shape index (κ1) is 16.9. The number of rotatable bonds is 5. The van der Waals surface area contributed by atoms with Crippen molar-refractivity contribution in [2.24, 2.45) is 5.92 Å². The van der Waals surface area contributed by atoms with Crippen LogP contribution in [0.4, 0.5) is 5.95 Å². The number of piperidine rings is 1. The normalized spacial score (nSPS) is 23.3. The highest BCUT2D eigenvalue weighted by molar-refractivity contribution is 14.1. The van der Waals surface area contributed by atoms with E-state index in [2.05, 4.69) is 44.4 Å². The molecule has 2 atom stereocenters. The monoisotopic (exact) mass is 425 g/mol. The Morgan fingerprint density at radius 3 is 2.62 bits per heavy atom. The summed E-state index contributed by atoms with van der Waals surface area (Å²) < 4.78 is 27.2. The lowest BCUT2D eigenvalue weighted by Gasteiger charge is -2.36. The summed E-state index contributed by atoms with van der Waals surface area (Å²) in [6, 6.07) is 0. The number of aromatic nitrogens is 2. The minimum absolute atomic E-state index is 0.247. The molecule has 118 valence electrons. The van der Waals surface area contributed by atoms with E-state index in [1.807, 2.05) is 12.4 Å². The number of alkyl halides is 1. The van der Waals surface area contributed by atoms with Crippen molar-refractivity contribution in [1.29, 1.82) is 0 Å². The fourth-order valence-corrected chi connectivity index (χ4v) is 3.94. The zero-order chi connectivity index (χ0) is 15.5. The van der Waals surface area contributed by atoms with E-state index in [4.69, 9.17) is 4.18 Å². The van der Waals surface area contributed by atoms with Crippen LogP contribution in [0.3, 0.4) is 0 Å². The molecule has 0 aliphatic carbocycles. The van der Waals surface area contributed by atoms with Gasteiger partial charge in [0, 0.05) is 18.9 Å². The third-order valence-electron chi connectivity index (χ3n) is 3.52.